The molecular formula is C17H21N3O3. The maximum Gasteiger partial charge on any atom is 0.343 e. The Morgan fingerprint density at radius 1 is 1.43 bits per heavy atom. The predicted octanol–water partition coefficient (Wildman–Crippen LogP) is 1.66. The zero-order valence-electron chi connectivity index (χ0n) is 13.3. The van der Waals surface area contributed by atoms with Crippen LogP contribution in [0, 0.1) is 5.92 Å². The lowest BCUT2D eigenvalue weighted by molar-refractivity contribution is 0.0696. The van der Waals surface area contributed by atoms with Gasteiger partial charge in [0.15, 0.2) is 0 Å². The van der Waals surface area contributed by atoms with Crippen molar-refractivity contribution in [1.82, 2.24) is 10.3 Å². The van der Waals surface area contributed by atoms with Crippen molar-refractivity contribution in [3.63, 3.8) is 0 Å². The standard InChI is InChI=1S/C17H21N3O3/c1-10(18-2)11-7-8-20(9-11)16-14(17(22)23)15(21)12-5-3-4-6-13(12)19-16/h3-6,10-11,18H,7-9H2,1-2H3,(H,19,21)(H,22,23). The van der Waals surface area contributed by atoms with Gasteiger partial charge in [0.05, 0.1) is 5.52 Å². The first-order valence-electron chi connectivity index (χ1n) is 7.83. The van der Waals surface area contributed by atoms with Gasteiger partial charge in [-0.05, 0) is 38.4 Å². The number of nitrogens with one attached hydrogen (secondary N) is 2. The van der Waals surface area contributed by atoms with Gasteiger partial charge >= 0.3 is 5.97 Å². The molecule has 2 atom stereocenters. The summed E-state index contributed by atoms with van der Waals surface area (Å²) >= 11 is 0. The number of nitrogens with zero attached hydrogens (tertiary/aromatic N) is 1. The summed E-state index contributed by atoms with van der Waals surface area (Å²) in [6, 6.07) is 7.37. The molecule has 3 N–H and O–H groups in total. The average Bonchev–Trinajstić information content (AvgIpc) is 3.03. The summed E-state index contributed by atoms with van der Waals surface area (Å²) in [6.45, 7) is 3.59. The number of H-pyrrole nitrogens is 1. The number of carboxylic acid groups (broad SMARTS) is 1. The van der Waals surface area contributed by atoms with Gasteiger partial charge in [-0.3, -0.25) is 4.79 Å². The van der Waals surface area contributed by atoms with Crippen LogP contribution in [0.3, 0.4) is 0 Å². The zero-order valence-corrected chi connectivity index (χ0v) is 13.3. The van der Waals surface area contributed by atoms with Crippen molar-refractivity contribution in [2.45, 2.75) is 19.4 Å². The Kier molecular flexibility index (Phi) is 4.09. The molecule has 0 bridgehead atoms. The number of hydrogen-bond acceptors (Lipinski definition) is 4. The minimum Gasteiger partial charge on any atom is -0.477 e. The van der Waals surface area contributed by atoms with Crippen molar-refractivity contribution in [1.29, 1.82) is 0 Å². The van der Waals surface area contributed by atoms with Gasteiger partial charge in [0.2, 0.25) is 5.43 Å². The van der Waals surface area contributed by atoms with Gasteiger partial charge in [0.1, 0.15) is 11.4 Å². The first kappa shape index (κ1) is 15.6. The summed E-state index contributed by atoms with van der Waals surface area (Å²) in [6.07, 6.45) is 0.968. The fourth-order valence-electron chi connectivity index (χ4n) is 3.29. The summed E-state index contributed by atoms with van der Waals surface area (Å²) in [7, 11) is 1.92. The SMILES string of the molecule is CNC(C)C1CCN(c2[nH]c3ccccc3c(=O)c2C(=O)O)C1. The number of hydrogen-bond donors (Lipinski definition) is 3. The lowest BCUT2D eigenvalue weighted by atomic mass is 10.0. The highest BCUT2D eigenvalue weighted by atomic mass is 16.4. The van der Waals surface area contributed by atoms with Gasteiger partial charge < -0.3 is 20.3 Å². The van der Waals surface area contributed by atoms with E-state index < -0.39 is 11.4 Å². The minimum atomic E-state index is -1.18. The third kappa shape index (κ3) is 2.70. The molecule has 1 aromatic carbocycles. The molecule has 0 aliphatic carbocycles. The molecule has 122 valence electrons. The molecule has 1 aliphatic heterocycles. The molecule has 0 saturated carbocycles. The smallest absolute Gasteiger partial charge is 0.343 e. The van der Waals surface area contributed by atoms with Gasteiger partial charge in [-0.2, -0.15) is 0 Å². The molecule has 0 radical (unpaired) electrons. The molecule has 1 fully saturated rings. The van der Waals surface area contributed by atoms with Crippen LogP contribution in [-0.4, -0.2) is 42.2 Å². The van der Waals surface area contributed by atoms with Crippen LogP contribution in [0.2, 0.25) is 0 Å². The molecule has 2 aromatic rings. The van der Waals surface area contributed by atoms with Gasteiger partial charge in [-0.15, -0.1) is 0 Å². The van der Waals surface area contributed by atoms with Crippen LogP contribution in [0.4, 0.5) is 5.82 Å². The predicted molar refractivity (Wildman–Crippen MR) is 90.4 cm³/mol. The molecule has 1 saturated heterocycles. The molecule has 0 amide bonds. The molecule has 3 rings (SSSR count). The van der Waals surface area contributed by atoms with E-state index in [0.717, 1.165) is 19.5 Å². The Hall–Kier alpha value is -2.34. The van der Waals surface area contributed by atoms with Crippen LogP contribution < -0.4 is 15.6 Å². The van der Waals surface area contributed by atoms with E-state index in [4.69, 9.17) is 0 Å². The fraction of sp³-hybridized carbons (Fsp3) is 0.412. The number of rotatable bonds is 4. The number of aromatic nitrogens is 1. The summed E-state index contributed by atoms with van der Waals surface area (Å²) in [5.74, 6) is -0.333. The number of aromatic carboxylic acids is 1. The molecule has 1 aliphatic rings. The highest BCUT2D eigenvalue weighted by molar-refractivity contribution is 5.98. The monoisotopic (exact) mass is 315 g/mol. The molecular weight excluding hydrogens is 294 g/mol. The number of carbonyl (C=O) groups is 1. The molecule has 6 nitrogen and oxygen atoms in total. The second kappa shape index (κ2) is 6.04. The second-order valence-electron chi connectivity index (χ2n) is 6.10. The Balaban J connectivity index is 2.09. The Bertz CT molecular complexity index is 799. The molecule has 23 heavy (non-hydrogen) atoms. The van der Waals surface area contributed by atoms with E-state index in [1.54, 1.807) is 18.2 Å². The van der Waals surface area contributed by atoms with E-state index in [-0.39, 0.29) is 5.56 Å². The van der Waals surface area contributed by atoms with Crippen molar-refractivity contribution in [2.75, 3.05) is 25.0 Å². The van der Waals surface area contributed by atoms with Gasteiger partial charge in [-0.1, -0.05) is 12.1 Å². The molecule has 0 spiro atoms. The Labute approximate surface area is 134 Å². The van der Waals surface area contributed by atoms with E-state index in [1.165, 1.54) is 0 Å². The maximum absolute atomic E-state index is 12.6. The zero-order chi connectivity index (χ0) is 16.6. The summed E-state index contributed by atoms with van der Waals surface area (Å²) in [5.41, 5.74) is 0.0797. The Morgan fingerprint density at radius 3 is 2.87 bits per heavy atom. The molecule has 2 unspecified atom stereocenters. The van der Waals surface area contributed by atoms with Crippen molar-refractivity contribution in [2.24, 2.45) is 5.92 Å². The topological polar surface area (TPSA) is 85.4 Å². The molecule has 6 heteroatoms. The van der Waals surface area contributed by atoms with Crippen LogP contribution >= 0.6 is 0 Å². The average molecular weight is 315 g/mol. The van der Waals surface area contributed by atoms with Crippen molar-refractivity contribution in [3.05, 3.63) is 40.1 Å². The largest absolute Gasteiger partial charge is 0.477 e. The summed E-state index contributed by atoms with van der Waals surface area (Å²) in [5, 5.41) is 13.2. The number of anilines is 1. The third-order valence-corrected chi connectivity index (χ3v) is 4.81. The van der Waals surface area contributed by atoms with E-state index in [0.29, 0.717) is 28.7 Å². The first-order chi connectivity index (χ1) is 11.0. The third-order valence-electron chi connectivity index (χ3n) is 4.81. The number of aromatic amines is 1. The van der Waals surface area contributed by atoms with Gasteiger partial charge in [0.25, 0.3) is 0 Å². The van der Waals surface area contributed by atoms with Crippen LogP contribution in [-0.2, 0) is 0 Å². The van der Waals surface area contributed by atoms with E-state index >= 15 is 0 Å². The van der Waals surface area contributed by atoms with E-state index in [9.17, 15) is 14.7 Å². The molecule has 1 aromatic heterocycles. The van der Waals surface area contributed by atoms with E-state index in [2.05, 4.69) is 17.2 Å². The van der Waals surface area contributed by atoms with Crippen LogP contribution in [0.15, 0.2) is 29.1 Å². The second-order valence-corrected chi connectivity index (χ2v) is 6.10. The first-order valence-corrected chi connectivity index (χ1v) is 7.83. The van der Waals surface area contributed by atoms with Crippen LogP contribution in [0.25, 0.3) is 10.9 Å². The highest BCUT2D eigenvalue weighted by Gasteiger charge is 2.30. The number of para-hydroxylation sites is 1. The number of pyridine rings is 1. The minimum absolute atomic E-state index is 0.165. The van der Waals surface area contributed by atoms with Crippen molar-refractivity contribution >= 4 is 22.7 Å². The maximum atomic E-state index is 12.6. The summed E-state index contributed by atoms with van der Waals surface area (Å²) < 4.78 is 0. The quantitative estimate of drug-likeness (QED) is 0.799. The number of benzene rings is 1. The number of fused-ring (bicyclic) bond motifs is 1. The van der Waals surface area contributed by atoms with Crippen LogP contribution in [0.5, 0.6) is 0 Å². The van der Waals surface area contributed by atoms with E-state index in [1.807, 2.05) is 18.0 Å². The highest BCUT2D eigenvalue weighted by Crippen LogP contribution is 2.27. The molecule has 2 heterocycles. The van der Waals surface area contributed by atoms with Gasteiger partial charge in [-0.25, -0.2) is 4.79 Å². The number of carboxylic acids is 1. The lowest BCUT2D eigenvalue weighted by Gasteiger charge is -2.23. The van der Waals surface area contributed by atoms with Gasteiger partial charge in [0, 0.05) is 24.5 Å². The lowest BCUT2D eigenvalue weighted by Crippen LogP contribution is -2.34. The van der Waals surface area contributed by atoms with Crippen LogP contribution in [0.1, 0.15) is 23.7 Å². The summed E-state index contributed by atoms with van der Waals surface area (Å²) in [4.78, 5) is 29.4. The fourth-order valence-corrected chi connectivity index (χ4v) is 3.29. The normalized spacial score (nSPS) is 19.2. The van der Waals surface area contributed by atoms with Crippen molar-refractivity contribution < 1.29 is 9.90 Å². The van der Waals surface area contributed by atoms with Crippen molar-refractivity contribution in [3.8, 4) is 0 Å². The Morgan fingerprint density at radius 2 is 2.17 bits per heavy atom.